The molecule has 3 aromatic rings. The molecule has 0 spiro atoms. The second-order valence-corrected chi connectivity index (χ2v) is 6.46. The van der Waals surface area contributed by atoms with Gasteiger partial charge in [-0.05, 0) is 13.0 Å². The predicted molar refractivity (Wildman–Crippen MR) is 91.0 cm³/mol. The number of benzene rings is 1. The molecule has 9 heteroatoms. The standard InChI is InChI=1S/C16H14N4O4S/c1-8-7-25-14(17-8)6-13(21)19-20-15-9-4-11-12(24-3-2-23-11)5-10(9)18-16(15)22/h4-5,7,18,22H,2-3,6H2,1H3. The van der Waals surface area contributed by atoms with Crippen LogP contribution in [-0.2, 0) is 11.2 Å². The van der Waals surface area contributed by atoms with Gasteiger partial charge in [-0.1, -0.05) is 0 Å². The first-order chi connectivity index (χ1) is 12.1. The Hall–Kier alpha value is -2.94. The van der Waals surface area contributed by atoms with Gasteiger partial charge in [-0.3, -0.25) is 4.79 Å². The fourth-order valence-electron chi connectivity index (χ4n) is 2.56. The van der Waals surface area contributed by atoms with E-state index in [9.17, 15) is 9.90 Å². The molecule has 1 aliphatic heterocycles. The summed E-state index contributed by atoms with van der Waals surface area (Å²) in [6.45, 7) is 2.79. The van der Waals surface area contributed by atoms with E-state index < -0.39 is 5.91 Å². The first-order valence-corrected chi connectivity index (χ1v) is 8.48. The second kappa shape index (κ2) is 6.17. The Kier molecular flexibility index (Phi) is 3.85. The molecule has 4 rings (SSSR count). The average Bonchev–Trinajstić information content (AvgIpc) is 3.13. The van der Waals surface area contributed by atoms with Gasteiger partial charge in [0.15, 0.2) is 17.2 Å². The lowest BCUT2D eigenvalue weighted by Gasteiger charge is -2.17. The van der Waals surface area contributed by atoms with Crippen molar-refractivity contribution in [2.45, 2.75) is 13.3 Å². The highest BCUT2D eigenvalue weighted by molar-refractivity contribution is 7.09. The fraction of sp³-hybridized carbons (Fsp3) is 0.250. The number of rotatable bonds is 3. The lowest BCUT2D eigenvalue weighted by molar-refractivity contribution is -0.117. The number of hydrogen-bond acceptors (Lipinski definition) is 7. The van der Waals surface area contributed by atoms with E-state index >= 15 is 0 Å². The largest absolute Gasteiger partial charge is 0.493 e. The molecule has 0 atom stereocenters. The zero-order valence-electron chi connectivity index (χ0n) is 13.3. The lowest BCUT2D eigenvalue weighted by atomic mass is 10.2. The average molecular weight is 358 g/mol. The van der Waals surface area contributed by atoms with E-state index in [1.165, 1.54) is 11.3 Å². The summed E-state index contributed by atoms with van der Waals surface area (Å²) in [7, 11) is 0. The number of aryl methyl sites for hydroxylation is 1. The summed E-state index contributed by atoms with van der Waals surface area (Å²) in [5, 5.41) is 20.8. The third-order valence-electron chi connectivity index (χ3n) is 3.65. The molecule has 0 fully saturated rings. The van der Waals surface area contributed by atoms with Gasteiger partial charge in [0.1, 0.15) is 18.2 Å². The molecule has 0 unspecified atom stereocenters. The van der Waals surface area contributed by atoms with Crippen molar-refractivity contribution in [1.82, 2.24) is 9.97 Å². The highest BCUT2D eigenvalue weighted by atomic mass is 32.1. The molecule has 1 amide bonds. The monoisotopic (exact) mass is 358 g/mol. The minimum Gasteiger partial charge on any atom is -0.493 e. The maximum absolute atomic E-state index is 12.0. The van der Waals surface area contributed by atoms with Gasteiger partial charge >= 0.3 is 0 Å². The van der Waals surface area contributed by atoms with Crippen LogP contribution in [0.4, 0.5) is 5.69 Å². The molecule has 0 aliphatic carbocycles. The van der Waals surface area contributed by atoms with Crippen LogP contribution < -0.4 is 9.47 Å². The van der Waals surface area contributed by atoms with Gasteiger partial charge in [-0.25, -0.2) is 4.98 Å². The molecule has 0 bridgehead atoms. The molecule has 1 aliphatic rings. The maximum atomic E-state index is 12.0. The second-order valence-electron chi connectivity index (χ2n) is 5.52. The van der Waals surface area contributed by atoms with Crippen LogP contribution in [0.15, 0.2) is 27.7 Å². The van der Waals surface area contributed by atoms with Gasteiger partial charge in [0, 0.05) is 22.5 Å². The van der Waals surface area contributed by atoms with Gasteiger partial charge in [0.25, 0.3) is 5.91 Å². The number of amides is 1. The summed E-state index contributed by atoms with van der Waals surface area (Å²) in [4.78, 5) is 19.0. The number of aromatic nitrogens is 2. The van der Waals surface area contributed by atoms with Gasteiger partial charge < -0.3 is 19.6 Å². The summed E-state index contributed by atoms with van der Waals surface area (Å²) in [5.74, 6) is 0.567. The third-order valence-corrected chi connectivity index (χ3v) is 4.61. The Morgan fingerprint density at radius 1 is 1.36 bits per heavy atom. The number of fused-ring (bicyclic) bond motifs is 2. The number of H-pyrrole nitrogens is 1. The van der Waals surface area contributed by atoms with E-state index in [0.29, 0.717) is 40.6 Å². The van der Waals surface area contributed by atoms with Gasteiger partial charge in [0.05, 0.1) is 11.9 Å². The molecule has 0 radical (unpaired) electrons. The van der Waals surface area contributed by atoms with Crippen molar-refractivity contribution >= 4 is 33.8 Å². The van der Waals surface area contributed by atoms with Crippen LogP contribution in [-0.4, -0.2) is 34.2 Å². The molecule has 8 nitrogen and oxygen atoms in total. The Morgan fingerprint density at radius 2 is 2.12 bits per heavy atom. The van der Waals surface area contributed by atoms with Crippen molar-refractivity contribution in [3.05, 3.63) is 28.2 Å². The quantitative estimate of drug-likeness (QED) is 0.699. The van der Waals surface area contributed by atoms with Gasteiger partial charge in [-0.2, -0.15) is 0 Å². The number of thiazole rings is 1. The Morgan fingerprint density at radius 3 is 2.84 bits per heavy atom. The number of azo groups is 1. The number of nitrogens with one attached hydrogen (secondary N) is 1. The maximum Gasteiger partial charge on any atom is 0.271 e. The van der Waals surface area contributed by atoms with Crippen LogP contribution >= 0.6 is 11.3 Å². The van der Waals surface area contributed by atoms with Crippen molar-refractivity contribution in [2.75, 3.05) is 13.2 Å². The Balaban J connectivity index is 1.62. The molecule has 0 saturated carbocycles. The molecule has 2 aromatic heterocycles. The summed E-state index contributed by atoms with van der Waals surface area (Å²) < 4.78 is 11.0. The lowest BCUT2D eigenvalue weighted by Crippen LogP contribution is -2.15. The molecule has 1 aromatic carbocycles. The molecule has 2 N–H and O–H groups in total. The van der Waals surface area contributed by atoms with Crippen LogP contribution in [0.1, 0.15) is 10.7 Å². The van der Waals surface area contributed by atoms with E-state index in [0.717, 1.165) is 5.69 Å². The van der Waals surface area contributed by atoms with Crippen LogP contribution in [0, 0.1) is 6.92 Å². The predicted octanol–water partition coefficient (Wildman–Crippen LogP) is 3.26. The number of aromatic hydroxyl groups is 1. The highest BCUT2D eigenvalue weighted by Crippen LogP contribution is 2.42. The summed E-state index contributed by atoms with van der Waals surface area (Å²) in [5.41, 5.74) is 1.68. The first-order valence-electron chi connectivity index (χ1n) is 7.60. The van der Waals surface area contributed by atoms with Gasteiger partial charge in [0.2, 0.25) is 5.88 Å². The fourth-order valence-corrected chi connectivity index (χ4v) is 3.32. The number of hydrogen-bond donors (Lipinski definition) is 2. The van der Waals surface area contributed by atoms with E-state index in [2.05, 4.69) is 20.2 Å². The Labute approximate surface area is 146 Å². The normalized spacial score (nSPS) is 13.6. The summed E-state index contributed by atoms with van der Waals surface area (Å²) >= 11 is 1.40. The van der Waals surface area contributed by atoms with Crippen molar-refractivity contribution in [2.24, 2.45) is 10.2 Å². The smallest absolute Gasteiger partial charge is 0.271 e. The first kappa shape index (κ1) is 15.6. The van der Waals surface area contributed by atoms with Crippen molar-refractivity contribution in [3.63, 3.8) is 0 Å². The number of nitrogens with zero attached hydrogens (tertiary/aromatic N) is 3. The minimum absolute atomic E-state index is 0.0808. The highest BCUT2D eigenvalue weighted by Gasteiger charge is 2.18. The molecular formula is C16H14N4O4S. The van der Waals surface area contributed by atoms with Crippen LogP contribution in [0.3, 0.4) is 0 Å². The number of carbonyl (C=O) groups is 1. The van der Waals surface area contributed by atoms with Crippen molar-refractivity contribution in [1.29, 1.82) is 0 Å². The number of aromatic amines is 1. The number of ether oxygens (including phenoxy) is 2. The summed E-state index contributed by atoms with van der Waals surface area (Å²) in [6.07, 6.45) is 0.0808. The van der Waals surface area contributed by atoms with Crippen molar-refractivity contribution in [3.8, 4) is 17.4 Å². The topological polar surface area (TPSA) is 109 Å². The SMILES string of the molecule is Cc1csc(CC(=O)N=Nc2c(O)[nH]c3cc4c(cc23)OCCO4)n1. The minimum atomic E-state index is -0.430. The van der Waals surface area contributed by atoms with Crippen LogP contribution in [0.5, 0.6) is 17.4 Å². The third kappa shape index (κ3) is 3.05. The zero-order chi connectivity index (χ0) is 17.4. The molecule has 25 heavy (non-hydrogen) atoms. The molecule has 128 valence electrons. The summed E-state index contributed by atoms with van der Waals surface area (Å²) in [6, 6.07) is 3.44. The zero-order valence-corrected chi connectivity index (χ0v) is 14.1. The van der Waals surface area contributed by atoms with Gasteiger partial charge in [-0.15, -0.1) is 21.6 Å². The van der Waals surface area contributed by atoms with Crippen LogP contribution in [0.25, 0.3) is 10.9 Å². The molecule has 3 heterocycles. The van der Waals surface area contributed by atoms with Crippen LogP contribution in [0.2, 0.25) is 0 Å². The Bertz CT molecular complexity index is 992. The van der Waals surface area contributed by atoms with E-state index in [1.807, 2.05) is 12.3 Å². The molecule has 0 saturated heterocycles. The van der Waals surface area contributed by atoms with E-state index in [4.69, 9.17) is 9.47 Å². The number of carbonyl (C=O) groups excluding carboxylic acids is 1. The van der Waals surface area contributed by atoms with Crippen molar-refractivity contribution < 1.29 is 19.4 Å². The van der Waals surface area contributed by atoms with E-state index in [-0.39, 0.29) is 18.0 Å². The molecular weight excluding hydrogens is 344 g/mol. The van der Waals surface area contributed by atoms with E-state index in [1.54, 1.807) is 12.1 Å².